The first-order valence-corrected chi connectivity index (χ1v) is 12.8. The van der Waals surface area contributed by atoms with Gasteiger partial charge in [-0.1, -0.05) is 35.9 Å². The number of carbonyl (C=O) groups is 1. The van der Waals surface area contributed by atoms with Crippen LogP contribution < -0.4 is 5.32 Å². The molecule has 0 fully saturated rings. The summed E-state index contributed by atoms with van der Waals surface area (Å²) in [6.07, 6.45) is 4.58. The molecule has 1 aliphatic heterocycles. The van der Waals surface area contributed by atoms with Crippen LogP contribution in [0.2, 0.25) is 5.02 Å². The van der Waals surface area contributed by atoms with Gasteiger partial charge in [-0.25, -0.2) is 9.18 Å². The van der Waals surface area contributed by atoms with Crippen molar-refractivity contribution in [3.05, 3.63) is 105 Å². The normalized spacial score (nSPS) is 13.6. The van der Waals surface area contributed by atoms with Crippen molar-refractivity contribution in [1.82, 2.24) is 19.8 Å². The maximum Gasteiger partial charge on any atom is 0.326 e. The molecule has 8 heteroatoms. The molecule has 0 saturated heterocycles. The van der Waals surface area contributed by atoms with E-state index < -0.39 is 5.82 Å². The average molecular weight is 528 g/mol. The second kappa shape index (κ2) is 10.8. The number of aromatic nitrogens is 2. The zero-order valence-electron chi connectivity index (χ0n) is 21.3. The van der Waals surface area contributed by atoms with E-state index in [4.69, 9.17) is 11.6 Å². The van der Waals surface area contributed by atoms with Crippen molar-refractivity contribution in [2.45, 2.75) is 33.4 Å². The lowest BCUT2D eigenvalue weighted by molar-refractivity contribution is 0.240. The monoisotopic (exact) mass is 527 g/mol. The lowest BCUT2D eigenvalue weighted by atomic mass is 10.0. The molecule has 0 bridgehead atoms. The standard InChI is InChI=1S/C30H27ClFN5O/c1-19-12-23(13-20(2)35-19)17-34-30(38)37-28-9-11-36(10-3-4-21-6-8-26(31)27(32)14-21)18-25(28)24-7-5-22(16-33)15-29(24)37/h3-8,12-15H,9-11,17-18H2,1-2H3,(H,34,38)/b4-3+. The average Bonchev–Trinajstić information content (AvgIpc) is 3.21. The number of hydrogen-bond acceptors (Lipinski definition) is 4. The molecule has 1 aliphatic rings. The Morgan fingerprint density at radius 2 is 1.97 bits per heavy atom. The van der Waals surface area contributed by atoms with Crippen molar-refractivity contribution in [2.75, 3.05) is 13.1 Å². The van der Waals surface area contributed by atoms with Crippen LogP contribution in [-0.4, -0.2) is 33.6 Å². The maximum atomic E-state index is 13.7. The van der Waals surface area contributed by atoms with E-state index in [9.17, 15) is 14.4 Å². The highest BCUT2D eigenvalue weighted by atomic mass is 35.5. The zero-order chi connectivity index (χ0) is 26.8. The highest BCUT2D eigenvalue weighted by Crippen LogP contribution is 2.31. The van der Waals surface area contributed by atoms with Crippen molar-refractivity contribution < 1.29 is 9.18 Å². The number of fused-ring (bicyclic) bond motifs is 3. The van der Waals surface area contributed by atoms with Crippen LogP contribution in [0.5, 0.6) is 0 Å². The number of aryl methyl sites for hydroxylation is 2. The quantitative estimate of drug-likeness (QED) is 0.338. The van der Waals surface area contributed by atoms with E-state index in [0.29, 0.717) is 31.6 Å². The molecule has 2 aromatic heterocycles. The van der Waals surface area contributed by atoms with E-state index in [1.165, 1.54) is 6.07 Å². The topological polar surface area (TPSA) is 74.0 Å². The van der Waals surface area contributed by atoms with Crippen LogP contribution >= 0.6 is 11.6 Å². The predicted octanol–water partition coefficient (Wildman–Crippen LogP) is 6.15. The van der Waals surface area contributed by atoms with Crippen LogP contribution in [0.25, 0.3) is 17.0 Å². The summed E-state index contributed by atoms with van der Waals surface area (Å²) in [5, 5.41) is 13.6. The highest BCUT2D eigenvalue weighted by Gasteiger charge is 2.26. The summed E-state index contributed by atoms with van der Waals surface area (Å²) in [5.41, 5.74) is 6.87. The number of halogens is 2. The van der Waals surface area contributed by atoms with Gasteiger partial charge in [0.25, 0.3) is 0 Å². The molecular formula is C30H27ClFN5O. The molecule has 0 aliphatic carbocycles. The maximum absolute atomic E-state index is 13.7. The first-order chi connectivity index (χ1) is 18.3. The van der Waals surface area contributed by atoms with Crippen LogP contribution in [0.3, 0.4) is 0 Å². The van der Waals surface area contributed by atoms with Crippen LogP contribution in [-0.2, 0) is 19.5 Å². The zero-order valence-corrected chi connectivity index (χ0v) is 22.0. The predicted molar refractivity (Wildman–Crippen MR) is 147 cm³/mol. The Morgan fingerprint density at radius 1 is 1.18 bits per heavy atom. The highest BCUT2D eigenvalue weighted by molar-refractivity contribution is 6.30. The van der Waals surface area contributed by atoms with Gasteiger partial charge < -0.3 is 5.32 Å². The number of benzene rings is 2. The number of pyridine rings is 1. The van der Waals surface area contributed by atoms with Crippen molar-refractivity contribution in [1.29, 1.82) is 5.26 Å². The van der Waals surface area contributed by atoms with Gasteiger partial charge in [-0.2, -0.15) is 5.26 Å². The third-order valence-electron chi connectivity index (χ3n) is 6.76. The molecule has 38 heavy (non-hydrogen) atoms. The molecule has 5 rings (SSSR count). The Kier molecular flexibility index (Phi) is 7.28. The van der Waals surface area contributed by atoms with Gasteiger partial charge >= 0.3 is 6.03 Å². The fourth-order valence-electron chi connectivity index (χ4n) is 5.10. The van der Waals surface area contributed by atoms with Gasteiger partial charge in [-0.05, 0) is 66.9 Å². The molecule has 0 radical (unpaired) electrons. The Bertz CT molecular complexity index is 1600. The Labute approximate surface area is 226 Å². The third kappa shape index (κ3) is 5.33. The minimum Gasteiger partial charge on any atom is -0.333 e. The largest absolute Gasteiger partial charge is 0.333 e. The number of hydrogen-bond donors (Lipinski definition) is 1. The molecule has 0 atom stereocenters. The third-order valence-corrected chi connectivity index (χ3v) is 7.07. The molecule has 1 N–H and O–H groups in total. The number of carbonyl (C=O) groups excluding carboxylic acids is 1. The Morgan fingerprint density at radius 3 is 2.71 bits per heavy atom. The lowest BCUT2D eigenvalue weighted by Gasteiger charge is -2.27. The van der Waals surface area contributed by atoms with Crippen LogP contribution in [0.1, 0.15) is 39.3 Å². The molecule has 1 amide bonds. The van der Waals surface area contributed by atoms with Crippen molar-refractivity contribution in [2.24, 2.45) is 0 Å². The molecular weight excluding hydrogens is 501 g/mol. The van der Waals surface area contributed by atoms with E-state index in [0.717, 1.165) is 51.2 Å². The van der Waals surface area contributed by atoms with Gasteiger partial charge in [-0.15, -0.1) is 0 Å². The summed E-state index contributed by atoms with van der Waals surface area (Å²) < 4.78 is 15.5. The van der Waals surface area contributed by atoms with Gasteiger partial charge in [0.2, 0.25) is 0 Å². The van der Waals surface area contributed by atoms with Crippen LogP contribution in [0.4, 0.5) is 9.18 Å². The molecule has 2 aromatic carbocycles. The summed E-state index contributed by atoms with van der Waals surface area (Å²) in [5.74, 6) is -0.437. The number of nitrogens with one attached hydrogen (secondary N) is 1. The van der Waals surface area contributed by atoms with E-state index in [-0.39, 0.29) is 11.1 Å². The summed E-state index contributed by atoms with van der Waals surface area (Å²) in [7, 11) is 0. The Hall–Kier alpha value is -3.99. The van der Waals surface area contributed by atoms with Gasteiger partial charge in [-0.3, -0.25) is 14.5 Å². The van der Waals surface area contributed by atoms with E-state index in [1.54, 1.807) is 28.8 Å². The Balaban J connectivity index is 1.39. The van der Waals surface area contributed by atoms with Gasteiger partial charge in [0.15, 0.2) is 0 Å². The summed E-state index contributed by atoms with van der Waals surface area (Å²) in [6, 6.07) is 16.2. The van der Waals surface area contributed by atoms with Crippen LogP contribution in [0.15, 0.2) is 54.6 Å². The summed E-state index contributed by atoms with van der Waals surface area (Å²) in [6.45, 7) is 6.37. The van der Waals surface area contributed by atoms with Crippen LogP contribution in [0, 0.1) is 31.0 Å². The van der Waals surface area contributed by atoms with Crippen molar-refractivity contribution >= 4 is 34.6 Å². The molecule has 0 unspecified atom stereocenters. The summed E-state index contributed by atoms with van der Waals surface area (Å²) >= 11 is 5.78. The van der Waals surface area contributed by atoms with Gasteiger partial charge in [0, 0.05) is 55.1 Å². The smallest absolute Gasteiger partial charge is 0.326 e. The summed E-state index contributed by atoms with van der Waals surface area (Å²) in [4.78, 5) is 20.2. The minimum absolute atomic E-state index is 0.108. The number of rotatable bonds is 5. The molecule has 3 heterocycles. The first kappa shape index (κ1) is 25.7. The number of amides is 1. The fourth-order valence-corrected chi connectivity index (χ4v) is 5.22. The number of nitrogens with zero attached hydrogens (tertiary/aromatic N) is 4. The molecule has 0 spiro atoms. The van der Waals surface area contributed by atoms with E-state index in [1.807, 2.05) is 44.2 Å². The van der Waals surface area contributed by atoms with E-state index >= 15 is 0 Å². The molecule has 4 aromatic rings. The van der Waals surface area contributed by atoms with E-state index in [2.05, 4.69) is 21.3 Å². The fraction of sp³-hybridized carbons (Fsp3) is 0.233. The second-order valence-corrected chi connectivity index (χ2v) is 9.99. The minimum atomic E-state index is -0.437. The molecule has 192 valence electrons. The van der Waals surface area contributed by atoms with Crippen molar-refractivity contribution in [3.63, 3.8) is 0 Å². The second-order valence-electron chi connectivity index (χ2n) is 9.58. The van der Waals surface area contributed by atoms with Crippen molar-refractivity contribution in [3.8, 4) is 6.07 Å². The molecule has 0 saturated carbocycles. The first-order valence-electron chi connectivity index (χ1n) is 12.4. The lowest BCUT2D eigenvalue weighted by Crippen LogP contribution is -2.34. The van der Waals surface area contributed by atoms with Gasteiger partial charge in [0.05, 0.1) is 22.2 Å². The molecule has 6 nitrogen and oxygen atoms in total. The van der Waals surface area contributed by atoms with Gasteiger partial charge in [0.1, 0.15) is 5.82 Å². The number of nitriles is 1. The SMILES string of the molecule is Cc1cc(CNC(=O)n2c3c(c4ccc(C#N)cc42)CN(C/C=C/c2ccc(Cl)c(F)c2)CC3)cc(C)n1.